The van der Waals surface area contributed by atoms with Crippen molar-refractivity contribution in [3.8, 4) is 0 Å². The van der Waals surface area contributed by atoms with Gasteiger partial charge in [0, 0.05) is 50.2 Å². The summed E-state index contributed by atoms with van der Waals surface area (Å²) in [6.45, 7) is 30.7. The number of aromatic nitrogens is 4. The average Bonchev–Trinajstić information content (AvgIpc) is 3.61. The summed E-state index contributed by atoms with van der Waals surface area (Å²) in [5, 5.41) is 10.5. The summed E-state index contributed by atoms with van der Waals surface area (Å²) in [6.07, 6.45) is 6.42. The molecule has 0 spiro atoms. The molecule has 42 heavy (non-hydrogen) atoms. The molecule has 0 atom stereocenters. The molecule has 2 saturated heterocycles. The molecule has 4 rings (SSSR count). The second-order valence-electron chi connectivity index (χ2n) is 13.2. The van der Waals surface area contributed by atoms with Crippen LogP contribution in [0.4, 0.5) is 4.39 Å². The number of alkyl halides is 2. The van der Waals surface area contributed by atoms with Crippen molar-refractivity contribution in [1.29, 1.82) is 0 Å². The molecule has 244 valence electrons. The molecular formula is C30H60B2FIN4O4. The summed E-state index contributed by atoms with van der Waals surface area (Å²) >= 11 is 2.38. The van der Waals surface area contributed by atoms with Crippen molar-refractivity contribution in [3.63, 3.8) is 0 Å². The van der Waals surface area contributed by atoms with Crippen LogP contribution < -0.4 is 10.9 Å². The van der Waals surface area contributed by atoms with Crippen molar-refractivity contribution in [3.05, 3.63) is 24.8 Å². The Bertz CT molecular complexity index is 1060. The SMILES string of the molecule is CC.CC(C)(C)I.CC(C)C.CC1(C)OB(c2cn[nH]c2)OC1(C)C.[2H]C([2H])([2H])n1cc(B2OC(C)(C)C(C)(C)O2)cn1.[2H]CF. The fraction of sp³-hybridized carbons (Fsp3) is 0.800. The van der Waals surface area contributed by atoms with Crippen LogP contribution in [0.1, 0.15) is 116 Å². The third-order valence-corrected chi connectivity index (χ3v) is 6.17. The quantitative estimate of drug-likeness (QED) is 0.207. The Labute approximate surface area is 277 Å². The lowest BCUT2D eigenvalue weighted by atomic mass is 9.82. The molecule has 4 heterocycles. The van der Waals surface area contributed by atoms with Crippen LogP contribution in [-0.2, 0) is 25.6 Å². The maximum absolute atomic E-state index is 9.96. The zero-order valence-corrected chi connectivity index (χ0v) is 31.1. The molecule has 0 aliphatic carbocycles. The van der Waals surface area contributed by atoms with Gasteiger partial charge in [-0.15, -0.1) is 0 Å². The van der Waals surface area contributed by atoms with Crippen LogP contribution in [0.15, 0.2) is 24.8 Å². The predicted molar refractivity (Wildman–Crippen MR) is 186 cm³/mol. The number of aromatic amines is 1. The Kier molecular flexibility index (Phi) is 15.3. The first-order chi connectivity index (χ1) is 20.6. The first-order valence-corrected chi connectivity index (χ1v) is 15.5. The normalized spacial score (nSPS) is 20.6. The predicted octanol–water partition coefficient (Wildman–Crippen LogP) is 6.92. The number of hydrogen-bond donors (Lipinski definition) is 1. The van der Waals surface area contributed by atoms with Gasteiger partial charge in [0.1, 0.15) is 0 Å². The monoisotopic (exact) mass is 712 g/mol. The van der Waals surface area contributed by atoms with E-state index in [4.69, 9.17) is 24.1 Å². The van der Waals surface area contributed by atoms with Crippen molar-refractivity contribution in [2.75, 3.05) is 7.15 Å². The number of nitrogens with zero attached hydrogens (tertiary/aromatic N) is 3. The maximum Gasteiger partial charge on any atom is 0.498 e. The lowest BCUT2D eigenvalue weighted by Crippen LogP contribution is -2.41. The first kappa shape index (κ1) is 35.5. The minimum absolute atomic E-state index is 0.283. The maximum atomic E-state index is 9.96. The minimum Gasteiger partial charge on any atom is -0.399 e. The molecular weight excluding hydrogens is 648 g/mol. The van der Waals surface area contributed by atoms with Gasteiger partial charge in [0.05, 0.1) is 30.9 Å². The highest BCUT2D eigenvalue weighted by atomic mass is 127. The number of aryl methyl sites for hydroxylation is 1. The molecule has 0 bridgehead atoms. The number of hydrogen-bond acceptors (Lipinski definition) is 6. The first-order valence-electron chi connectivity index (χ1n) is 16.6. The molecule has 0 amide bonds. The lowest BCUT2D eigenvalue weighted by molar-refractivity contribution is 0.00578. The Morgan fingerprint density at radius 2 is 1.19 bits per heavy atom. The highest BCUT2D eigenvalue weighted by Gasteiger charge is 2.53. The van der Waals surface area contributed by atoms with Crippen LogP contribution in [-0.4, -0.2) is 67.2 Å². The Morgan fingerprint density at radius 1 is 0.857 bits per heavy atom. The number of rotatable bonds is 2. The molecule has 0 radical (unpaired) electrons. The fourth-order valence-electron chi connectivity index (χ4n) is 2.81. The van der Waals surface area contributed by atoms with E-state index in [2.05, 4.69) is 79.4 Å². The fourth-order valence-corrected chi connectivity index (χ4v) is 2.81. The van der Waals surface area contributed by atoms with E-state index >= 15 is 0 Å². The molecule has 12 heteroatoms. The highest BCUT2D eigenvalue weighted by Crippen LogP contribution is 2.37. The van der Waals surface area contributed by atoms with E-state index in [1.807, 2.05) is 69.2 Å². The topological polar surface area (TPSA) is 83.4 Å². The molecule has 0 aromatic carbocycles. The molecule has 2 aliphatic rings. The van der Waals surface area contributed by atoms with Gasteiger partial charge in [-0.05, 0) is 61.3 Å². The van der Waals surface area contributed by atoms with E-state index in [0.717, 1.165) is 16.1 Å². The van der Waals surface area contributed by atoms with Crippen LogP contribution in [0, 0.1) is 5.92 Å². The second-order valence-corrected chi connectivity index (χ2v) is 16.5. The smallest absolute Gasteiger partial charge is 0.399 e. The van der Waals surface area contributed by atoms with Crippen LogP contribution >= 0.6 is 22.6 Å². The summed E-state index contributed by atoms with van der Waals surface area (Å²) < 4.78 is 62.0. The number of H-pyrrole nitrogens is 1. The van der Waals surface area contributed by atoms with Crippen LogP contribution in [0.5, 0.6) is 0 Å². The highest BCUT2D eigenvalue weighted by molar-refractivity contribution is 14.1. The molecule has 2 fully saturated rings. The van der Waals surface area contributed by atoms with E-state index in [-0.39, 0.29) is 18.3 Å². The number of nitrogens with one attached hydrogen (secondary N) is 1. The van der Waals surface area contributed by atoms with Gasteiger partial charge in [0.25, 0.3) is 0 Å². The Balaban J connectivity index is 0. The van der Waals surface area contributed by atoms with Crippen molar-refractivity contribution < 1.29 is 28.5 Å². The van der Waals surface area contributed by atoms with Gasteiger partial charge in [-0.2, -0.15) is 10.2 Å². The van der Waals surface area contributed by atoms with E-state index in [1.54, 1.807) is 12.4 Å². The summed E-state index contributed by atoms with van der Waals surface area (Å²) in [5.74, 6) is 0.833. The third kappa shape index (κ3) is 15.2. The van der Waals surface area contributed by atoms with Crippen molar-refractivity contribution >= 4 is 47.8 Å². The van der Waals surface area contributed by atoms with E-state index in [9.17, 15) is 4.39 Å². The standard InChI is InChI=1S/C10H17BN2O2.C9H15BN2O2.C4H9I.C4H10.C2H6.CH3F/c1-9(2)10(3,4)15-11(14-9)8-6-12-13(5)7-8;1-8(2)9(3,4)14-10(13-8)7-5-11-12-6-7;1-4(2,3)5;1-4(2)3;2*1-2/h6-7H,1-5H3;5-6H,1-4H3,(H,11,12);1-3H3;4H,1-3H3;1-2H3;1H3/i5D3;;;;;1D. The van der Waals surface area contributed by atoms with Crippen molar-refractivity contribution in [2.45, 2.75) is 137 Å². The lowest BCUT2D eigenvalue weighted by Gasteiger charge is -2.32. The second kappa shape index (κ2) is 18.1. The van der Waals surface area contributed by atoms with Gasteiger partial charge in [0.2, 0.25) is 0 Å². The molecule has 0 unspecified atom stereocenters. The van der Waals surface area contributed by atoms with Gasteiger partial charge >= 0.3 is 14.2 Å². The largest absolute Gasteiger partial charge is 0.498 e. The van der Waals surface area contributed by atoms with Crippen LogP contribution in [0.2, 0.25) is 0 Å². The summed E-state index contributed by atoms with van der Waals surface area (Å²) in [7, 11) is -1.88. The summed E-state index contributed by atoms with van der Waals surface area (Å²) in [4.78, 5) is 0. The van der Waals surface area contributed by atoms with Crippen molar-refractivity contribution in [2.24, 2.45) is 12.9 Å². The van der Waals surface area contributed by atoms with Gasteiger partial charge in [0.15, 0.2) is 0 Å². The van der Waals surface area contributed by atoms with E-state index in [1.165, 1.54) is 12.4 Å². The average molecular weight is 712 g/mol. The zero-order valence-electron chi connectivity index (χ0n) is 33.0. The van der Waals surface area contributed by atoms with E-state index < -0.39 is 32.4 Å². The van der Waals surface area contributed by atoms with Crippen LogP contribution in [0.25, 0.3) is 0 Å². The molecule has 8 nitrogen and oxygen atoms in total. The van der Waals surface area contributed by atoms with Gasteiger partial charge in [-0.1, -0.05) is 78.0 Å². The summed E-state index contributed by atoms with van der Waals surface area (Å²) in [5.41, 5.74) is 0.0945. The van der Waals surface area contributed by atoms with Gasteiger partial charge in [-0.25, -0.2) is 0 Å². The third-order valence-electron chi connectivity index (χ3n) is 6.17. The number of halogens is 2. The Hall–Kier alpha value is -0.950. The minimum atomic E-state index is -2.28. The molecule has 2 aromatic heterocycles. The molecule has 0 saturated carbocycles. The zero-order chi connectivity index (χ0) is 36.9. The molecule has 2 aromatic rings. The van der Waals surface area contributed by atoms with E-state index in [0.29, 0.717) is 8.88 Å². The van der Waals surface area contributed by atoms with Crippen LogP contribution in [0.3, 0.4) is 0 Å². The van der Waals surface area contributed by atoms with Gasteiger partial charge < -0.3 is 18.6 Å². The molecule has 2 aliphatic heterocycles. The van der Waals surface area contributed by atoms with Crippen molar-refractivity contribution in [1.82, 2.24) is 20.0 Å². The summed E-state index contributed by atoms with van der Waals surface area (Å²) in [6, 6.07) is 0. The molecule has 1 N–H and O–H groups in total. The van der Waals surface area contributed by atoms with Gasteiger partial charge in [-0.3, -0.25) is 14.2 Å². The Morgan fingerprint density at radius 3 is 1.45 bits per heavy atom.